The minimum absolute atomic E-state index is 0.599. The predicted octanol–water partition coefficient (Wildman–Crippen LogP) is 2.36. The highest BCUT2D eigenvalue weighted by molar-refractivity contribution is 9.10. The van der Waals surface area contributed by atoms with Crippen LogP contribution in [0, 0.1) is 11.3 Å². The molecule has 17 heavy (non-hydrogen) atoms. The van der Waals surface area contributed by atoms with Gasteiger partial charge in [-0.05, 0) is 34.1 Å². The van der Waals surface area contributed by atoms with E-state index in [1.165, 1.54) is 6.33 Å². The molecule has 2 aromatic rings. The van der Waals surface area contributed by atoms with Crippen molar-refractivity contribution in [2.24, 2.45) is 0 Å². The lowest BCUT2D eigenvalue weighted by Gasteiger charge is -2.07. The summed E-state index contributed by atoms with van der Waals surface area (Å²) < 4.78 is 5.75. The Balaban J connectivity index is 1.93. The van der Waals surface area contributed by atoms with Crippen molar-refractivity contribution in [3.63, 3.8) is 0 Å². The highest BCUT2D eigenvalue weighted by atomic mass is 79.9. The van der Waals surface area contributed by atoms with Crippen molar-refractivity contribution >= 4 is 21.6 Å². The van der Waals surface area contributed by atoms with E-state index in [0.717, 1.165) is 10.2 Å². The average molecular weight is 293 g/mol. The van der Waals surface area contributed by atoms with Crippen LogP contribution in [0.5, 0.6) is 0 Å². The number of hydrogen-bond acceptors (Lipinski definition) is 5. The molecule has 5 nitrogen and oxygen atoms in total. The first kappa shape index (κ1) is 11.6. The zero-order chi connectivity index (χ0) is 12.1. The average Bonchev–Trinajstić information content (AvgIpc) is 2.84. The van der Waals surface area contributed by atoms with Crippen LogP contribution in [0.25, 0.3) is 0 Å². The van der Waals surface area contributed by atoms with Gasteiger partial charge in [-0.1, -0.05) is 5.16 Å². The number of nitrogens with one attached hydrogen (secondary N) is 1. The standard InChI is InChI=1S/C11H9BrN4O/c12-9-5-8(6-13)1-2-10(9)14-4-3-11-15-7-16-17-11/h1-2,5,7,14H,3-4H2. The van der Waals surface area contributed by atoms with E-state index in [0.29, 0.717) is 24.4 Å². The molecule has 1 aromatic heterocycles. The van der Waals surface area contributed by atoms with Crippen LogP contribution in [-0.4, -0.2) is 16.7 Å². The summed E-state index contributed by atoms with van der Waals surface area (Å²) in [6, 6.07) is 7.48. The molecule has 1 heterocycles. The number of benzene rings is 1. The maximum absolute atomic E-state index is 8.74. The van der Waals surface area contributed by atoms with E-state index in [2.05, 4.69) is 37.5 Å². The van der Waals surface area contributed by atoms with Gasteiger partial charge in [-0.2, -0.15) is 10.2 Å². The second kappa shape index (κ2) is 5.46. The highest BCUT2D eigenvalue weighted by Gasteiger charge is 2.02. The lowest BCUT2D eigenvalue weighted by molar-refractivity contribution is 0.380. The number of rotatable bonds is 4. The Kier molecular flexibility index (Phi) is 3.73. The first-order valence-electron chi connectivity index (χ1n) is 4.98. The van der Waals surface area contributed by atoms with Gasteiger partial charge >= 0.3 is 0 Å². The number of hydrogen-bond donors (Lipinski definition) is 1. The first-order valence-corrected chi connectivity index (χ1v) is 5.78. The second-order valence-electron chi connectivity index (χ2n) is 3.32. The first-order chi connectivity index (χ1) is 8.29. The second-order valence-corrected chi connectivity index (χ2v) is 4.17. The largest absolute Gasteiger partial charge is 0.384 e. The third kappa shape index (κ3) is 3.04. The van der Waals surface area contributed by atoms with Gasteiger partial charge in [0, 0.05) is 23.1 Å². The summed E-state index contributed by atoms with van der Waals surface area (Å²) >= 11 is 3.40. The predicted molar refractivity (Wildman–Crippen MR) is 65.3 cm³/mol. The molecule has 0 saturated heterocycles. The van der Waals surface area contributed by atoms with Crippen LogP contribution in [0.2, 0.25) is 0 Å². The maximum atomic E-state index is 8.74. The normalized spacial score (nSPS) is 9.88. The van der Waals surface area contributed by atoms with E-state index in [1.807, 2.05) is 6.07 Å². The Bertz CT molecular complexity index is 533. The minimum atomic E-state index is 0.599. The van der Waals surface area contributed by atoms with Crippen molar-refractivity contribution in [2.75, 3.05) is 11.9 Å². The minimum Gasteiger partial charge on any atom is -0.384 e. The summed E-state index contributed by atoms with van der Waals surface area (Å²) in [7, 11) is 0. The molecule has 2 rings (SSSR count). The van der Waals surface area contributed by atoms with Gasteiger partial charge < -0.3 is 9.84 Å². The summed E-state index contributed by atoms with van der Waals surface area (Å²) in [4.78, 5) is 3.92. The molecule has 0 radical (unpaired) electrons. The van der Waals surface area contributed by atoms with Crippen molar-refractivity contribution < 1.29 is 4.52 Å². The number of nitriles is 1. The van der Waals surface area contributed by atoms with Crippen molar-refractivity contribution in [1.29, 1.82) is 5.26 Å². The van der Waals surface area contributed by atoms with Crippen molar-refractivity contribution in [3.05, 3.63) is 40.5 Å². The fourth-order valence-electron chi connectivity index (χ4n) is 1.34. The van der Waals surface area contributed by atoms with E-state index in [4.69, 9.17) is 9.78 Å². The zero-order valence-corrected chi connectivity index (χ0v) is 10.4. The lowest BCUT2D eigenvalue weighted by atomic mass is 10.2. The van der Waals surface area contributed by atoms with Gasteiger partial charge in [0.15, 0.2) is 6.33 Å². The molecule has 0 aliphatic rings. The molecule has 0 atom stereocenters. The van der Waals surface area contributed by atoms with Crippen LogP contribution in [0.1, 0.15) is 11.5 Å². The van der Waals surface area contributed by atoms with E-state index in [9.17, 15) is 0 Å². The maximum Gasteiger partial charge on any atom is 0.228 e. The Labute approximate surface area is 107 Å². The molecule has 0 unspecified atom stereocenters. The summed E-state index contributed by atoms with van der Waals surface area (Å²) in [6.07, 6.45) is 2.04. The van der Waals surface area contributed by atoms with Gasteiger partial charge in [0.1, 0.15) is 0 Å². The SMILES string of the molecule is N#Cc1ccc(NCCc2ncno2)c(Br)c1. The monoisotopic (exact) mass is 292 g/mol. The fraction of sp³-hybridized carbons (Fsp3) is 0.182. The van der Waals surface area contributed by atoms with Gasteiger partial charge in [-0.3, -0.25) is 0 Å². The molecule has 0 spiro atoms. The van der Waals surface area contributed by atoms with Crippen LogP contribution in [0.3, 0.4) is 0 Å². The third-order valence-corrected chi connectivity index (χ3v) is 2.82. The molecule has 0 fully saturated rings. The molecule has 1 aromatic carbocycles. The third-order valence-electron chi connectivity index (χ3n) is 2.16. The van der Waals surface area contributed by atoms with Crippen LogP contribution in [0.15, 0.2) is 33.5 Å². The molecular weight excluding hydrogens is 284 g/mol. The summed E-state index contributed by atoms with van der Waals surface area (Å²) in [6.45, 7) is 0.687. The number of nitrogens with zero attached hydrogens (tertiary/aromatic N) is 3. The summed E-state index contributed by atoms with van der Waals surface area (Å²) in [5.41, 5.74) is 1.56. The summed E-state index contributed by atoms with van der Waals surface area (Å²) in [5.74, 6) is 0.599. The number of halogens is 1. The van der Waals surface area contributed by atoms with Crippen LogP contribution in [-0.2, 0) is 6.42 Å². The van der Waals surface area contributed by atoms with E-state index in [1.54, 1.807) is 12.1 Å². The van der Waals surface area contributed by atoms with Gasteiger partial charge in [0.25, 0.3) is 0 Å². The molecule has 0 aliphatic heterocycles. The quantitative estimate of drug-likeness (QED) is 0.936. The van der Waals surface area contributed by atoms with Gasteiger partial charge in [-0.15, -0.1) is 0 Å². The van der Waals surface area contributed by atoms with Crippen molar-refractivity contribution in [1.82, 2.24) is 10.1 Å². The molecule has 0 amide bonds. The Morgan fingerprint density at radius 3 is 3.00 bits per heavy atom. The molecule has 0 aliphatic carbocycles. The van der Waals surface area contributed by atoms with Crippen molar-refractivity contribution in [3.8, 4) is 6.07 Å². The smallest absolute Gasteiger partial charge is 0.228 e. The van der Waals surface area contributed by atoms with Crippen LogP contribution < -0.4 is 5.32 Å². The van der Waals surface area contributed by atoms with Gasteiger partial charge in [0.05, 0.1) is 11.6 Å². The van der Waals surface area contributed by atoms with E-state index in [-0.39, 0.29) is 0 Å². The molecule has 0 saturated carbocycles. The Morgan fingerprint density at radius 2 is 2.35 bits per heavy atom. The molecule has 1 N–H and O–H groups in total. The van der Waals surface area contributed by atoms with Crippen LogP contribution in [0.4, 0.5) is 5.69 Å². The molecule has 6 heteroatoms. The number of anilines is 1. The van der Waals surface area contributed by atoms with Crippen molar-refractivity contribution in [2.45, 2.75) is 6.42 Å². The highest BCUT2D eigenvalue weighted by Crippen LogP contribution is 2.23. The van der Waals surface area contributed by atoms with E-state index >= 15 is 0 Å². The molecule has 0 bridgehead atoms. The topological polar surface area (TPSA) is 74.7 Å². The lowest BCUT2D eigenvalue weighted by Crippen LogP contribution is -2.05. The Hall–Kier alpha value is -1.87. The number of aromatic nitrogens is 2. The molecular formula is C11H9BrN4O. The Morgan fingerprint density at radius 1 is 1.47 bits per heavy atom. The fourth-order valence-corrected chi connectivity index (χ4v) is 1.86. The van der Waals surface area contributed by atoms with Gasteiger partial charge in [-0.25, -0.2) is 0 Å². The van der Waals surface area contributed by atoms with Gasteiger partial charge in [0.2, 0.25) is 5.89 Å². The van der Waals surface area contributed by atoms with E-state index < -0.39 is 0 Å². The summed E-state index contributed by atoms with van der Waals surface area (Å²) in [5, 5.41) is 15.5. The molecule has 86 valence electrons. The zero-order valence-electron chi connectivity index (χ0n) is 8.85. The van der Waals surface area contributed by atoms with Crippen LogP contribution >= 0.6 is 15.9 Å².